The number of aromatic amines is 1. The maximum atomic E-state index is 5.36. The largest absolute Gasteiger partial charge is 0.297 e. The summed E-state index contributed by atoms with van der Waals surface area (Å²) in [5.41, 5.74) is 3.56. The lowest BCUT2D eigenvalue weighted by Crippen LogP contribution is -1.99. The minimum absolute atomic E-state index is 0.845. The van der Waals surface area contributed by atoms with E-state index in [1.165, 1.54) is 11.3 Å². The van der Waals surface area contributed by atoms with E-state index in [0.717, 1.165) is 23.2 Å². The molecule has 1 heterocycles. The normalized spacial score (nSPS) is 10.6. The number of benzene rings is 1. The molecule has 16 heavy (non-hydrogen) atoms. The molecule has 0 aliphatic carbocycles. The molecule has 84 valence electrons. The van der Waals surface area contributed by atoms with Crippen LogP contribution < -0.4 is 0 Å². The molecule has 0 spiro atoms. The van der Waals surface area contributed by atoms with Crippen LogP contribution in [0.2, 0.25) is 0 Å². The van der Waals surface area contributed by atoms with Gasteiger partial charge < -0.3 is 0 Å². The predicted octanol–water partition coefficient (Wildman–Crippen LogP) is 3.80. The van der Waals surface area contributed by atoms with E-state index in [1.54, 1.807) is 0 Å². The third-order valence-corrected chi connectivity index (χ3v) is 2.95. The summed E-state index contributed by atoms with van der Waals surface area (Å²) < 4.78 is 2.83. The Morgan fingerprint density at radius 3 is 2.75 bits per heavy atom. The quantitative estimate of drug-likeness (QED) is 0.798. The summed E-state index contributed by atoms with van der Waals surface area (Å²) >= 11 is 5.36. The number of hydrogen-bond donors (Lipinski definition) is 1. The van der Waals surface area contributed by atoms with Crippen molar-refractivity contribution >= 4 is 12.2 Å². The number of H-pyrrole nitrogens is 1. The number of nitrogens with one attached hydrogen (secondary N) is 1. The zero-order chi connectivity index (χ0) is 11.5. The van der Waals surface area contributed by atoms with Gasteiger partial charge in [-0.3, -0.25) is 5.10 Å². The van der Waals surface area contributed by atoms with Gasteiger partial charge in [-0.1, -0.05) is 43.8 Å². The number of rotatable bonds is 3. The van der Waals surface area contributed by atoms with Crippen LogP contribution in [0.4, 0.5) is 0 Å². The molecule has 0 amide bonds. The highest BCUT2D eigenvalue weighted by Gasteiger charge is 2.03. The van der Waals surface area contributed by atoms with Crippen molar-refractivity contribution in [3.8, 4) is 5.69 Å². The molecule has 0 radical (unpaired) electrons. The number of para-hydroxylation sites is 1. The summed E-state index contributed by atoms with van der Waals surface area (Å²) in [7, 11) is 0. The Hall–Kier alpha value is -1.35. The number of nitrogens with zero attached hydrogens (tertiary/aromatic N) is 1. The Morgan fingerprint density at radius 2 is 2.06 bits per heavy atom. The van der Waals surface area contributed by atoms with Crippen LogP contribution in [0.3, 0.4) is 0 Å². The van der Waals surface area contributed by atoms with Gasteiger partial charge in [-0.25, -0.2) is 4.68 Å². The Kier molecular flexibility index (Phi) is 3.25. The van der Waals surface area contributed by atoms with Crippen molar-refractivity contribution in [2.24, 2.45) is 0 Å². The lowest BCUT2D eigenvalue weighted by molar-refractivity contribution is 0.799. The smallest absolute Gasteiger partial charge is 0.127 e. The van der Waals surface area contributed by atoms with Gasteiger partial charge in [0, 0.05) is 5.69 Å². The molecule has 0 bridgehead atoms. The van der Waals surface area contributed by atoms with Gasteiger partial charge in [0.05, 0.1) is 5.69 Å². The first-order chi connectivity index (χ1) is 7.72. The first-order valence-electron chi connectivity index (χ1n) is 5.59. The first-order valence-corrected chi connectivity index (χ1v) is 6.00. The predicted molar refractivity (Wildman–Crippen MR) is 69.7 cm³/mol. The molecule has 0 saturated heterocycles. The van der Waals surface area contributed by atoms with Gasteiger partial charge in [-0.15, -0.1) is 0 Å². The fourth-order valence-corrected chi connectivity index (χ4v) is 2.12. The summed E-state index contributed by atoms with van der Waals surface area (Å²) in [6.45, 7) is 4.26. The Balaban J connectivity index is 2.48. The molecule has 0 aliphatic rings. The van der Waals surface area contributed by atoms with Crippen LogP contribution in [0.15, 0.2) is 30.3 Å². The van der Waals surface area contributed by atoms with E-state index in [-0.39, 0.29) is 0 Å². The molecule has 2 rings (SSSR count). The van der Waals surface area contributed by atoms with Crippen LogP contribution in [-0.2, 0) is 6.42 Å². The molecule has 0 fully saturated rings. The summed E-state index contributed by atoms with van der Waals surface area (Å²) in [6.07, 6.45) is 2.17. The van der Waals surface area contributed by atoms with Crippen LogP contribution in [0.25, 0.3) is 5.69 Å². The van der Waals surface area contributed by atoms with E-state index >= 15 is 0 Å². The van der Waals surface area contributed by atoms with Crippen molar-refractivity contribution in [2.45, 2.75) is 26.7 Å². The molecule has 1 N–H and O–H groups in total. The summed E-state index contributed by atoms with van der Waals surface area (Å²) in [5.74, 6) is 0. The highest BCUT2D eigenvalue weighted by Crippen LogP contribution is 2.14. The van der Waals surface area contributed by atoms with Gasteiger partial charge in [0.1, 0.15) is 4.64 Å². The van der Waals surface area contributed by atoms with Crippen molar-refractivity contribution in [1.82, 2.24) is 9.78 Å². The summed E-state index contributed by atoms with van der Waals surface area (Å²) in [4.78, 5) is 0. The number of aromatic nitrogens is 2. The minimum atomic E-state index is 0.845. The zero-order valence-corrected chi connectivity index (χ0v) is 10.5. The fourth-order valence-electron chi connectivity index (χ4n) is 1.84. The lowest BCUT2D eigenvalue weighted by Gasteiger charge is -2.06. The van der Waals surface area contributed by atoms with E-state index in [4.69, 9.17) is 12.2 Å². The van der Waals surface area contributed by atoms with E-state index in [9.17, 15) is 0 Å². The third-order valence-electron chi connectivity index (χ3n) is 2.65. The molecule has 2 aromatic rings. The average molecular weight is 232 g/mol. The van der Waals surface area contributed by atoms with Crippen molar-refractivity contribution in [2.75, 3.05) is 0 Å². The standard InChI is InChI=1S/C13H16N2S/c1-3-6-11-9-13(16)15(14-11)12-8-5-4-7-10(12)2/h4-5,7-9,14H,3,6H2,1-2H3. The highest BCUT2D eigenvalue weighted by molar-refractivity contribution is 7.71. The molecular formula is C13H16N2S. The van der Waals surface area contributed by atoms with Crippen LogP contribution in [0.5, 0.6) is 0 Å². The third kappa shape index (κ3) is 2.09. The lowest BCUT2D eigenvalue weighted by atomic mass is 10.2. The second kappa shape index (κ2) is 4.66. The van der Waals surface area contributed by atoms with Gasteiger partial charge in [-0.2, -0.15) is 0 Å². The van der Waals surface area contributed by atoms with E-state index in [0.29, 0.717) is 0 Å². The summed E-state index contributed by atoms with van der Waals surface area (Å²) in [5, 5.41) is 3.35. The minimum Gasteiger partial charge on any atom is -0.297 e. The average Bonchev–Trinajstić information content (AvgIpc) is 2.61. The van der Waals surface area contributed by atoms with Crippen molar-refractivity contribution in [3.05, 3.63) is 46.2 Å². The highest BCUT2D eigenvalue weighted by atomic mass is 32.1. The van der Waals surface area contributed by atoms with Gasteiger partial charge in [-0.05, 0) is 31.0 Å². The first kappa shape index (κ1) is 11.1. The SMILES string of the molecule is CCCc1cc(=S)n(-c2ccccc2C)[nH]1. The van der Waals surface area contributed by atoms with Crippen LogP contribution >= 0.6 is 12.2 Å². The Morgan fingerprint density at radius 1 is 1.31 bits per heavy atom. The van der Waals surface area contributed by atoms with Crippen molar-refractivity contribution in [3.63, 3.8) is 0 Å². The topological polar surface area (TPSA) is 20.7 Å². The van der Waals surface area contributed by atoms with Gasteiger partial charge in [0.25, 0.3) is 0 Å². The second-order valence-corrected chi connectivity index (χ2v) is 4.41. The van der Waals surface area contributed by atoms with E-state index in [1.807, 2.05) is 22.9 Å². The molecule has 2 nitrogen and oxygen atoms in total. The second-order valence-electron chi connectivity index (χ2n) is 3.99. The van der Waals surface area contributed by atoms with Gasteiger partial charge in [0.15, 0.2) is 0 Å². The molecule has 1 aromatic carbocycles. The van der Waals surface area contributed by atoms with E-state index in [2.05, 4.69) is 31.1 Å². The molecule has 0 unspecified atom stereocenters. The van der Waals surface area contributed by atoms with Crippen molar-refractivity contribution < 1.29 is 0 Å². The van der Waals surface area contributed by atoms with Crippen LogP contribution in [-0.4, -0.2) is 9.78 Å². The maximum Gasteiger partial charge on any atom is 0.127 e. The molecule has 0 atom stereocenters. The Bertz CT molecular complexity index is 537. The maximum absolute atomic E-state index is 5.36. The van der Waals surface area contributed by atoms with Gasteiger partial charge >= 0.3 is 0 Å². The van der Waals surface area contributed by atoms with Crippen LogP contribution in [0.1, 0.15) is 24.6 Å². The fraction of sp³-hybridized carbons (Fsp3) is 0.308. The van der Waals surface area contributed by atoms with E-state index < -0.39 is 0 Å². The molecular weight excluding hydrogens is 216 g/mol. The number of hydrogen-bond acceptors (Lipinski definition) is 1. The molecule has 0 saturated carbocycles. The molecule has 1 aromatic heterocycles. The van der Waals surface area contributed by atoms with Gasteiger partial charge in [0.2, 0.25) is 0 Å². The molecule has 0 aliphatic heterocycles. The van der Waals surface area contributed by atoms with Crippen molar-refractivity contribution in [1.29, 1.82) is 0 Å². The number of aryl methyl sites for hydroxylation is 2. The molecule has 3 heteroatoms. The monoisotopic (exact) mass is 232 g/mol. The zero-order valence-electron chi connectivity index (χ0n) is 9.66. The summed E-state index contributed by atoms with van der Waals surface area (Å²) in [6, 6.07) is 10.3. The Labute approximate surface area is 101 Å². The van der Waals surface area contributed by atoms with Crippen LogP contribution in [0, 0.1) is 11.6 Å².